The van der Waals surface area contributed by atoms with Crippen molar-refractivity contribution in [3.05, 3.63) is 58.5 Å². The highest BCUT2D eigenvalue weighted by Crippen LogP contribution is 2.26. The van der Waals surface area contributed by atoms with Gasteiger partial charge in [0.25, 0.3) is 5.91 Å². The Labute approximate surface area is 152 Å². The van der Waals surface area contributed by atoms with Gasteiger partial charge in [0.1, 0.15) is 12.4 Å². The van der Waals surface area contributed by atoms with Gasteiger partial charge in [0.2, 0.25) is 0 Å². The van der Waals surface area contributed by atoms with Crippen molar-refractivity contribution < 1.29 is 13.9 Å². The molecule has 1 N–H and O–H groups in total. The highest BCUT2D eigenvalue weighted by molar-refractivity contribution is 6.30. The van der Waals surface area contributed by atoms with E-state index in [4.69, 9.17) is 20.8 Å². The minimum atomic E-state index is -0.112. The van der Waals surface area contributed by atoms with Crippen molar-refractivity contribution in [1.82, 2.24) is 10.2 Å². The number of benzene rings is 1. The van der Waals surface area contributed by atoms with Crippen LogP contribution >= 0.6 is 24.0 Å². The van der Waals surface area contributed by atoms with E-state index in [0.29, 0.717) is 36.2 Å². The maximum atomic E-state index is 12.8. The summed E-state index contributed by atoms with van der Waals surface area (Å²) in [7, 11) is 1.59. The second-order valence-corrected chi connectivity index (χ2v) is 5.91. The van der Waals surface area contributed by atoms with E-state index in [9.17, 15) is 4.79 Å². The molecule has 1 atom stereocenters. The number of nitrogens with one attached hydrogen (secondary N) is 1. The van der Waals surface area contributed by atoms with Gasteiger partial charge in [-0.05, 0) is 29.8 Å². The molecule has 1 aromatic carbocycles. The Kier molecular flexibility index (Phi) is 6.69. The van der Waals surface area contributed by atoms with E-state index in [1.54, 1.807) is 19.2 Å². The molecule has 1 fully saturated rings. The predicted molar refractivity (Wildman–Crippen MR) is 94.8 cm³/mol. The summed E-state index contributed by atoms with van der Waals surface area (Å²) in [5.74, 6) is 0.870. The first-order chi connectivity index (χ1) is 11.2. The predicted octanol–water partition coefficient (Wildman–Crippen LogP) is 3.29. The number of rotatable bonds is 4. The average Bonchev–Trinajstić information content (AvgIpc) is 3.03. The van der Waals surface area contributed by atoms with Crippen LogP contribution in [0.4, 0.5) is 0 Å². The molecule has 0 spiro atoms. The Bertz CT molecular complexity index is 690. The minimum absolute atomic E-state index is 0. The zero-order valence-corrected chi connectivity index (χ0v) is 14.9. The van der Waals surface area contributed by atoms with Crippen LogP contribution in [0.15, 0.2) is 40.8 Å². The molecule has 3 rings (SSSR count). The second kappa shape index (κ2) is 8.53. The smallest absolute Gasteiger partial charge is 0.290 e. The van der Waals surface area contributed by atoms with Gasteiger partial charge < -0.3 is 19.4 Å². The van der Waals surface area contributed by atoms with Gasteiger partial charge >= 0.3 is 0 Å². The maximum absolute atomic E-state index is 12.8. The van der Waals surface area contributed by atoms with Gasteiger partial charge in [-0.25, -0.2) is 0 Å². The summed E-state index contributed by atoms with van der Waals surface area (Å²) in [6.07, 6.45) is 0. The highest BCUT2D eigenvalue weighted by Gasteiger charge is 2.30. The number of furan rings is 1. The van der Waals surface area contributed by atoms with Crippen molar-refractivity contribution >= 4 is 29.9 Å². The third-order valence-electron chi connectivity index (χ3n) is 3.90. The van der Waals surface area contributed by atoms with Crippen LogP contribution in [0.5, 0.6) is 0 Å². The first kappa shape index (κ1) is 18.8. The topological polar surface area (TPSA) is 54.7 Å². The Morgan fingerprint density at radius 2 is 2.25 bits per heavy atom. The molecule has 0 bridgehead atoms. The summed E-state index contributed by atoms with van der Waals surface area (Å²) in [6.45, 7) is 2.43. The number of piperazine rings is 1. The van der Waals surface area contributed by atoms with Crippen LogP contribution < -0.4 is 5.32 Å². The number of ether oxygens (including phenoxy) is 1. The molecule has 0 radical (unpaired) electrons. The summed E-state index contributed by atoms with van der Waals surface area (Å²) in [5, 5.41) is 3.99. The van der Waals surface area contributed by atoms with Gasteiger partial charge in [0, 0.05) is 31.8 Å². The van der Waals surface area contributed by atoms with Gasteiger partial charge in [0.15, 0.2) is 5.76 Å². The third kappa shape index (κ3) is 4.11. The van der Waals surface area contributed by atoms with E-state index in [-0.39, 0.29) is 24.4 Å². The number of carbonyl (C=O) groups excluding carboxylic acids is 1. The Morgan fingerprint density at radius 1 is 1.42 bits per heavy atom. The number of nitrogens with zero attached hydrogens (tertiary/aromatic N) is 1. The lowest BCUT2D eigenvalue weighted by molar-refractivity contribution is 0.0595. The lowest BCUT2D eigenvalue weighted by atomic mass is 10.0. The molecule has 2 heterocycles. The molecule has 0 saturated carbocycles. The molecule has 1 amide bonds. The Hall–Kier alpha value is -1.53. The van der Waals surface area contributed by atoms with Crippen LogP contribution in [0.25, 0.3) is 0 Å². The van der Waals surface area contributed by atoms with Gasteiger partial charge in [0.05, 0.1) is 6.04 Å². The first-order valence-electron chi connectivity index (χ1n) is 7.54. The maximum Gasteiger partial charge on any atom is 0.290 e. The highest BCUT2D eigenvalue weighted by atomic mass is 35.5. The van der Waals surface area contributed by atoms with E-state index < -0.39 is 0 Å². The molecule has 1 saturated heterocycles. The van der Waals surface area contributed by atoms with Gasteiger partial charge in [-0.15, -0.1) is 12.4 Å². The third-order valence-corrected chi connectivity index (χ3v) is 4.13. The van der Waals surface area contributed by atoms with E-state index >= 15 is 0 Å². The zero-order chi connectivity index (χ0) is 16.2. The van der Waals surface area contributed by atoms with Crippen molar-refractivity contribution in [2.24, 2.45) is 0 Å². The average molecular weight is 371 g/mol. The molecular weight excluding hydrogens is 351 g/mol. The summed E-state index contributed by atoms with van der Waals surface area (Å²) in [4.78, 5) is 14.6. The number of halogens is 2. The molecule has 2 aromatic rings. The van der Waals surface area contributed by atoms with E-state index in [1.165, 1.54) is 0 Å². The molecular formula is C17H20Cl2N2O3. The number of methoxy groups -OCH3 is 1. The van der Waals surface area contributed by atoms with Gasteiger partial charge in [-0.1, -0.05) is 23.7 Å². The van der Waals surface area contributed by atoms with Crippen LogP contribution in [0.1, 0.15) is 27.9 Å². The quantitative estimate of drug-likeness (QED) is 0.896. The van der Waals surface area contributed by atoms with Crippen LogP contribution in [-0.4, -0.2) is 37.6 Å². The van der Waals surface area contributed by atoms with Gasteiger partial charge in [-0.3, -0.25) is 4.79 Å². The van der Waals surface area contributed by atoms with E-state index in [0.717, 1.165) is 12.1 Å². The summed E-state index contributed by atoms with van der Waals surface area (Å²) in [5.41, 5.74) is 1.02. The monoisotopic (exact) mass is 370 g/mol. The van der Waals surface area contributed by atoms with Crippen molar-refractivity contribution in [2.75, 3.05) is 26.7 Å². The molecule has 24 heavy (non-hydrogen) atoms. The fraction of sp³-hybridized carbons (Fsp3) is 0.353. The molecule has 1 aromatic heterocycles. The molecule has 1 unspecified atom stereocenters. The number of hydrogen-bond donors (Lipinski definition) is 1. The molecule has 7 heteroatoms. The van der Waals surface area contributed by atoms with Crippen molar-refractivity contribution in [3.63, 3.8) is 0 Å². The summed E-state index contributed by atoms with van der Waals surface area (Å²) in [6, 6.07) is 11.0. The lowest BCUT2D eigenvalue weighted by Crippen LogP contribution is -2.48. The zero-order valence-electron chi connectivity index (χ0n) is 13.3. The molecule has 0 aliphatic carbocycles. The fourth-order valence-electron chi connectivity index (χ4n) is 2.81. The van der Waals surface area contributed by atoms with E-state index in [1.807, 2.05) is 29.2 Å². The van der Waals surface area contributed by atoms with E-state index in [2.05, 4.69) is 5.32 Å². The Balaban J connectivity index is 0.00000208. The fourth-order valence-corrected chi connectivity index (χ4v) is 3.01. The van der Waals surface area contributed by atoms with Crippen LogP contribution in [-0.2, 0) is 11.3 Å². The van der Waals surface area contributed by atoms with Crippen LogP contribution in [0.3, 0.4) is 0 Å². The Morgan fingerprint density at radius 3 is 3.00 bits per heavy atom. The lowest BCUT2D eigenvalue weighted by Gasteiger charge is -2.36. The first-order valence-corrected chi connectivity index (χ1v) is 7.91. The second-order valence-electron chi connectivity index (χ2n) is 5.47. The summed E-state index contributed by atoms with van der Waals surface area (Å²) < 4.78 is 10.6. The van der Waals surface area contributed by atoms with Gasteiger partial charge in [-0.2, -0.15) is 0 Å². The minimum Gasteiger partial charge on any atom is -0.453 e. The molecule has 1 aliphatic rings. The SMILES string of the molecule is COCc1ccc(C(=O)N2CCNCC2c2cccc(Cl)c2)o1.Cl. The van der Waals surface area contributed by atoms with Crippen LogP contribution in [0.2, 0.25) is 5.02 Å². The number of carbonyl (C=O) groups is 1. The largest absolute Gasteiger partial charge is 0.453 e. The molecule has 5 nitrogen and oxygen atoms in total. The standard InChI is InChI=1S/C17H19ClN2O3.ClH/c1-22-11-14-5-6-16(23-14)17(21)20-8-7-19-10-15(20)12-3-2-4-13(18)9-12;/h2-6,9,15,19H,7-8,10-11H2,1H3;1H. The normalized spacial score (nSPS) is 17.4. The van der Waals surface area contributed by atoms with Crippen molar-refractivity contribution in [1.29, 1.82) is 0 Å². The molecule has 130 valence electrons. The van der Waals surface area contributed by atoms with Crippen molar-refractivity contribution in [3.8, 4) is 0 Å². The van der Waals surface area contributed by atoms with Crippen molar-refractivity contribution in [2.45, 2.75) is 12.6 Å². The molecule has 1 aliphatic heterocycles. The van der Waals surface area contributed by atoms with Crippen LogP contribution in [0, 0.1) is 0 Å². The summed E-state index contributed by atoms with van der Waals surface area (Å²) >= 11 is 6.09. The number of hydrogen-bond acceptors (Lipinski definition) is 4. The number of amides is 1.